The molecule has 0 aromatic heterocycles. The van der Waals surface area contributed by atoms with Gasteiger partial charge in [0.25, 0.3) is 0 Å². The monoisotopic (exact) mass is 338 g/mol. The molecule has 0 heterocycles. The second-order valence-corrected chi connectivity index (χ2v) is 6.87. The molecule has 2 N–H and O–H groups in total. The number of unbranched alkanes of at least 4 members (excludes halogenated alkanes) is 13. The van der Waals surface area contributed by atoms with Crippen molar-refractivity contribution in [1.82, 2.24) is 10.6 Å². The third kappa shape index (κ3) is 19.2. The summed E-state index contributed by atoms with van der Waals surface area (Å²) < 4.78 is 0. The van der Waals surface area contributed by atoms with Gasteiger partial charge in [0.2, 0.25) is 5.91 Å². The third-order valence-electron chi connectivity index (χ3n) is 4.44. The maximum Gasteiger partial charge on any atom is 0.234 e. The Kier molecular flexibility index (Phi) is 19.5. The Morgan fingerprint density at radius 2 is 1.25 bits per heavy atom. The molecule has 0 saturated carbocycles. The molecule has 0 rings (SSSR count). The van der Waals surface area contributed by atoms with Crippen molar-refractivity contribution in [2.24, 2.45) is 0 Å². The van der Waals surface area contributed by atoms with Crippen LogP contribution in [0.3, 0.4) is 0 Å². The molecular formula is C21H42N2O. The van der Waals surface area contributed by atoms with E-state index in [1.54, 1.807) is 6.08 Å². The fourth-order valence-electron chi connectivity index (χ4n) is 2.89. The van der Waals surface area contributed by atoms with Crippen LogP contribution >= 0.6 is 0 Å². The summed E-state index contributed by atoms with van der Waals surface area (Å²) in [6.45, 7) is 7.78. The van der Waals surface area contributed by atoms with Gasteiger partial charge in [-0.05, 0) is 13.0 Å². The van der Waals surface area contributed by atoms with E-state index in [9.17, 15) is 4.79 Å². The van der Waals surface area contributed by atoms with Gasteiger partial charge in [0.05, 0.1) is 6.54 Å². The van der Waals surface area contributed by atoms with Crippen LogP contribution in [0.2, 0.25) is 0 Å². The zero-order valence-electron chi connectivity index (χ0n) is 16.2. The average molecular weight is 339 g/mol. The van der Waals surface area contributed by atoms with Gasteiger partial charge in [-0.1, -0.05) is 96.5 Å². The standard InChI is InChI=1S/C21H42N2O/c1-3-5-6-7-8-9-10-11-12-13-14-15-16-17-19-22-20-21(24)23-18-4-2/h4,22H,2-3,5-20H2,1H3,(H,23,24). The molecule has 24 heavy (non-hydrogen) atoms. The Morgan fingerprint density at radius 1 is 0.792 bits per heavy atom. The van der Waals surface area contributed by atoms with Crippen LogP contribution in [-0.2, 0) is 4.79 Å². The molecule has 0 aliphatic carbocycles. The van der Waals surface area contributed by atoms with Crippen molar-refractivity contribution in [2.75, 3.05) is 19.6 Å². The van der Waals surface area contributed by atoms with Crippen molar-refractivity contribution in [2.45, 2.75) is 96.8 Å². The lowest BCUT2D eigenvalue weighted by Gasteiger charge is -2.05. The molecule has 1 amide bonds. The van der Waals surface area contributed by atoms with Crippen LogP contribution in [0.25, 0.3) is 0 Å². The summed E-state index contributed by atoms with van der Waals surface area (Å²) in [5.41, 5.74) is 0. The molecule has 0 fully saturated rings. The van der Waals surface area contributed by atoms with Gasteiger partial charge < -0.3 is 10.6 Å². The topological polar surface area (TPSA) is 41.1 Å². The predicted octanol–water partition coefficient (Wildman–Crippen LogP) is 5.36. The smallest absolute Gasteiger partial charge is 0.234 e. The molecule has 0 unspecified atom stereocenters. The van der Waals surface area contributed by atoms with Gasteiger partial charge in [0.15, 0.2) is 0 Å². The predicted molar refractivity (Wildman–Crippen MR) is 106 cm³/mol. The van der Waals surface area contributed by atoms with Crippen molar-refractivity contribution in [1.29, 1.82) is 0 Å². The van der Waals surface area contributed by atoms with E-state index in [-0.39, 0.29) is 5.91 Å². The van der Waals surface area contributed by atoms with Crippen LogP contribution < -0.4 is 10.6 Å². The quantitative estimate of drug-likeness (QED) is 0.246. The van der Waals surface area contributed by atoms with Crippen molar-refractivity contribution < 1.29 is 4.79 Å². The first-order valence-corrected chi connectivity index (χ1v) is 10.4. The van der Waals surface area contributed by atoms with E-state index in [2.05, 4.69) is 24.1 Å². The molecule has 0 bridgehead atoms. The Morgan fingerprint density at radius 3 is 1.71 bits per heavy atom. The number of hydrogen-bond acceptors (Lipinski definition) is 2. The van der Waals surface area contributed by atoms with E-state index in [1.807, 2.05) is 0 Å². The number of amides is 1. The minimum Gasteiger partial charge on any atom is -0.352 e. The highest BCUT2D eigenvalue weighted by Crippen LogP contribution is 2.12. The summed E-state index contributed by atoms with van der Waals surface area (Å²) in [5.74, 6) is 0.0558. The molecule has 0 radical (unpaired) electrons. The van der Waals surface area contributed by atoms with Gasteiger partial charge in [0.1, 0.15) is 0 Å². The van der Waals surface area contributed by atoms with Crippen LogP contribution in [0, 0.1) is 0 Å². The summed E-state index contributed by atoms with van der Waals surface area (Å²) in [5, 5.41) is 5.96. The molecule has 0 aromatic rings. The largest absolute Gasteiger partial charge is 0.352 e. The molecule has 0 aliphatic heterocycles. The fourth-order valence-corrected chi connectivity index (χ4v) is 2.89. The van der Waals surface area contributed by atoms with Crippen LogP contribution in [0.4, 0.5) is 0 Å². The van der Waals surface area contributed by atoms with Gasteiger partial charge in [-0.3, -0.25) is 4.79 Å². The van der Waals surface area contributed by atoms with E-state index in [1.165, 1.54) is 89.9 Å². The first kappa shape index (κ1) is 23.2. The van der Waals surface area contributed by atoms with Crippen LogP contribution in [0.1, 0.15) is 96.8 Å². The maximum atomic E-state index is 11.3. The van der Waals surface area contributed by atoms with Gasteiger partial charge in [-0.25, -0.2) is 0 Å². The molecule has 0 aromatic carbocycles. The molecule has 3 heteroatoms. The van der Waals surface area contributed by atoms with E-state index < -0.39 is 0 Å². The van der Waals surface area contributed by atoms with Crippen molar-refractivity contribution in [3.05, 3.63) is 12.7 Å². The number of carbonyl (C=O) groups excluding carboxylic acids is 1. The first-order chi connectivity index (χ1) is 11.8. The molecule has 142 valence electrons. The highest BCUT2D eigenvalue weighted by Gasteiger charge is 1.98. The van der Waals surface area contributed by atoms with E-state index in [0.29, 0.717) is 13.1 Å². The zero-order chi connectivity index (χ0) is 17.7. The summed E-state index contributed by atoms with van der Waals surface area (Å²) in [4.78, 5) is 11.3. The Bertz CT molecular complexity index is 279. The summed E-state index contributed by atoms with van der Waals surface area (Å²) in [6.07, 6.45) is 21.0. The normalized spacial score (nSPS) is 10.7. The highest BCUT2D eigenvalue weighted by molar-refractivity contribution is 5.78. The van der Waals surface area contributed by atoms with Gasteiger partial charge >= 0.3 is 0 Å². The highest BCUT2D eigenvalue weighted by atomic mass is 16.1. The third-order valence-corrected chi connectivity index (χ3v) is 4.44. The second kappa shape index (κ2) is 20.2. The Labute approximate surface area is 151 Å². The molecule has 3 nitrogen and oxygen atoms in total. The molecule has 0 atom stereocenters. The van der Waals surface area contributed by atoms with Crippen molar-refractivity contribution >= 4 is 5.91 Å². The van der Waals surface area contributed by atoms with Gasteiger partial charge in [-0.2, -0.15) is 0 Å². The minimum absolute atomic E-state index is 0.0558. The van der Waals surface area contributed by atoms with E-state index >= 15 is 0 Å². The lowest BCUT2D eigenvalue weighted by molar-refractivity contribution is -0.120. The Hall–Kier alpha value is -0.830. The van der Waals surface area contributed by atoms with Crippen molar-refractivity contribution in [3.63, 3.8) is 0 Å². The van der Waals surface area contributed by atoms with Crippen LogP contribution in [0.15, 0.2) is 12.7 Å². The van der Waals surface area contributed by atoms with Gasteiger partial charge in [0, 0.05) is 6.54 Å². The fraction of sp³-hybridized carbons (Fsp3) is 0.857. The molecular weight excluding hydrogens is 296 g/mol. The van der Waals surface area contributed by atoms with Crippen molar-refractivity contribution in [3.8, 4) is 0 Å². The SMILES string of the molecule is C=CCNC(=O)CNCCCCCCCCCCCCCCCC. The number of nitrogens with one attached hydrogen (secondary N) is 2. The zero-order valence-corrected chi connectivity index (χ0v) is 16.2. The van der Waals surface area contributed by atoms with Crippen LogP contribution in [0.5, 0.6) is 0 Å². The lowest BCUT2D eigenvalue weighted by Crippen LogP contribution is -2.34. The second-order valence-electron chi connectivity index (χ2n) is 6.87. The average Bonchev–Trinajstić information content (AvgIpc) is 2.59. The van der Waals surface area contributed by atoms with E-state index in [4.69, 9.17) is 0 Å². The van der Waals surface area contributed by atoms with E-state index in [0.717, 1.165) is 6.54 Å². The van der Waals surface area contributed by atoms with Gasteiger partial charge in [-0.15, -0.1) is 6.58 Å². The van der Waals surface area contributed by atoms with Crippen LogP contribution in [-0.4, -0.2) is 25.5 Å². The maximum absolute atomic E-state index is 11.3. The number of rotatable bonds is 19. The number of hydrogen-bond donors (Lipinski definition) is 2. The number of carbonyl (C=O) groups is 1. The lowest BCUT2D eigenvalue weighted by atomic mass is 10.0. The Balaban J connectivity index is 3.05. The molecule has 0 saturated heterocycles. The summed E-state index contributed by atoms with van der Waals surface area (Å²) in [7, 11) is 0. The summed E-state index contributed by atoms with van der Waals surface area (Å²) in [6, 6.07) is 0. The summed E-state index contributed by atoms with van der Waals surface area (Å²) >= 11 is 0. The minimum atomic E-state index is 0.0558. The molecule has 0 spiro atoms. The first-order valence-electron chi connectivity index (χ1n) is 10.4. The molecule has 0 aliphatic rings.